The van der Waals surface area contributed by atoms with Crippen LogP contribution in [-0.4, -0.2) is 51.8 Å². The van der Waals surface area contributed by atoms with Gasteiger partial charge in [-0.05, 0) is 43.7 Å². The number of carbonyl (C=O) groups excluding carboxylic acids is 1. The lowest BCUT2D eigenvalue weighted by Crippen LogP contribution is -2.35. The zero-order chi connectivity index (χ0) is 25.4. The van der Waals surface area contributed by atoms with Crippen molar-refractivity contribution < 1.29 is 31.1 Å². The van der Waals surface area contributed by atoms with Crippen molar-refractivity contribution in [2.75, 3.05) is 31.1 Å². The van der Waals surface area contributed by atoms with E-state index in [1.807, 2.05) is 4.90 Å². The lowest BCUT2D eigenvalue weighted by molar-refractivity contribution is -0.138. The highest BCUT2D eigenvalue weighted by atomic mass is 19.4. The van der Waals surface area contributed by atoms with Gasteiger partial charge in [0.15, 0.2) is 0 Å². The first-order chi connectivity index (χ1) is 16.4. The summed E-state index contributed by atoms with van der Waals surface area (Å²) < 4.78 is 78.9. The maximum Gasteiger partial charge on any atom is 0.417 e. The molecule has 0 N–H and O–H groups in total. The molecular formula is C23H21F6N5O. The number of benzene rings is 1. The Kier molecular flexibility index (Phi) is 6.48. The van der Waals surface area contributed by atoms with Crippen molar-refractivity contribution in [1.82, 2.24) is 19.7 Å². The molecule has 0 radical (unpaired) electrons. The van der Waals surface area contributed by atoms with Gasteiger partial charge < -0.3 is 9.80 Å². The van der Waals surface area contributed by atoms with E-state index in [4.69, 9.17) is 0 Å². The summed E-state index contributed by atoms with van der Waals surface area (Å²) in [7, 11) is 0. The fraction of sp³-hybridized carbons (Fsp3) is 0.348. The third kappa shape index (κ3) is 5.25. The molecule has 1 aromatic carbocycles. The molecule has 1 saturated heterocycles. The minimum Gasteiger partial charge on any atom is -0.355 e. The van der Waals surface area contributed by atoms with Crippen LogP contribution in [0.1, 0.15) is 33.6 Å². The van der Waals surface area contributed by atoms with Crippen molar-refractivity contribution >= 4 is 11.7 Å². The molecule has 1 aliphatic rings. The molecule has 1 amide bonds. The van der Waals surface area contributed by atoms with E-state index in [9.17, 15) is 31.1 Å². The summed E-state index contributed by atoms with van der Waals surface area (Å²) in [6, 6.07) is 6.97. The Hall–Kier alpha value is -3.57. The molecule has 4 rings (SSSR count). The predicted octanol–water partition coefficient (Wildman–Crippen LogP) is 4.97. The fourth-order valence-corrected chi connectivity index (χ4v) is 3.95. The molecule has 12 heteroatoms. The largest absolute Gasteiger partial charge is 0.417 e. The van der Waals surface area contributed by atoms with Crippen LogP contribution in [0.4, 0.5) is 32.2 Å². The van der Waals surface area contributed by atoms with Crippen LogP contribution in [0.25, 0.3) is 5.69 Å². The van der Waals surface area contributed by atoms with Gasteiger partial charge in [-0.25, -0.2) is 9.67 Å². The predicted molar refractivity (Wildman–Crippen MR) is 115 cm³/mol. The van der Waals surface area contributed by atoms with Gasteiger partial charge in [0.1, 0.15) is 5.82 Å². The highest BCUT2D eigenvalue weighted by molar-refractivity contribution is 5.95. The van der Waals surface area contributed by atoms with Crippen molar-refractivity contribution in [1.29, 1.82) is 0 Å². The summed E-state index contributed by atoms with van der Waals surface area (Å²) in [6.07, 6.45) is -6.29. The number of aromatic nitrogens is 3. The first kappa shape index (κ1) is 24.6. The zero-order valence-corrected chi connectivity index (χ0v) is 18.6. The third-order valence-corrected chi connectivity index (χ3v) is 5.84. The van der Waals surface area contributed by atoms with Gasteiger partial charge in [0, 0.05) is 32.4 Å². The van der Waals surface area contributed by atoms with Gasteiger partial charge in [0.2, 0.25) is 0 Å². The molecule has 0 bridgehead atoms. The third-order valence-electron chi connectivity index (χ3n) is 5.84. The number of rotatable bonds is 3. The topological polar surface area (TPSA) is 54.3 Å². The van der Waals surface area contributed by atoms with Crippen molar-refractivity contribution in [3.8, 4) is 5.69 Å². The molecule has 0 atom stereocenters. The number of pyridine rings is 1. The quantitative estimate of drug-likeness (QED) is 0.480. The monoisotopic (exact) mass is 497 g/mol. The lowest BCUT2D eigenvalue weighted by Gasteiger charge is -2.23. The zero-order valence-electron chi connectivity index (χ0n) is 18.6. The van der Waals surface area contributed by atoms with E-state index in [2.05, 4.69) is 10.1 Å². The average molecular weight is 497 g/mol. The summed E-state index contributed by atoms with van der Waals surface area (Å²) in [6.45, 7) is 3.19. The number of halogens is 6. The maximum atomic E-state index is 13.2. The molecule has 1 fully saturated rings. The van der Waals surface area contributed by atoms with Crippen LogP contribution in [-0.2, 0) is 12.4 Å². The SMILES string of the molecule is Cc1c(C(=O)N2CCCN(c3ccc(C(F)(F)F)cn3)CC2)cnn1-c1cccc(C(F)(F)F)c1. The second-order valence-corrected chi connectivity index (χ2v) is 8.14. The lowest BCUT2D eigenvalue weighted by atomic mass is 10.2. The van der Waals surface area contributed by atoms with Crippen LogP contribution in [0.15, 0.2) is 48.8 Å². The molecule has 3 heterocycles. The molecule has 186 valence electrons. The molecule has 35 heavy (non-hydrogen) atoms. The van der Waals surface area contributed by atoms with Gasteiger partial charge in [-0.3, -0.25) is 4.79 Å². The van der Waals surface area contributed by atoms with E-state index in [-0.39, 0.29) is 17.2 Å². The number of carbonyl (C=O) groups is 1. The van der Waals surface area contributed by atoms with Gasteiger partial charge >= 0.3 is 12.4 Å². The number of hydrogen-bond acceptors (Lipinski definition) is 4. The fourth-order valence-electron chi connectivity index (χ4n) is 3.95. The highest BCUT2D eigenvalue weighted by Gasteiger charge is 2.32. The summed E-state index contributed by atoms with van der Waals surface area (Å²) in [4.78, 5) is 20.5. The molecule has 0 aliphatic carbocycles. The Labute approximate surface area is 196 Å². The van der Waals surface area contributed by atoms with Gasteiger partial charge in [0.05, 0.1) is 34.3 Å². The molecule has 0 unspecified atom stereocenters. The molecule has 0 saturated carbocycles. The Bertz CT molecular complexity index is 1200. The first-order valence-corrected chi connectivity index (χ1v) is 10.7. The number of nitrogens with zero attached hydrogens (tertiary/aromatic N) is 5. The van der Waals surface area contributed by atoms with E-state index < -0.39 is 23.5 Å². The van der Waals surface area contributed by atoms with E-state index in [1.54, 1.807) is 11.8 Å². The molecule has 3 aromatic rings. The minimum absolute atomic E-state index is 0.187. The standard InChI is InChI=1S/C23H21F6N5O/c1-15-19(14-31-34(15)18-5-2-4-16(12-18)22(24,25)26)21(35)33-9-3-8-32(10-11-33)20-7-6-17(13-30-20)23(27,28)29/h2,4-7,12-14H,3,8-11H2,1H3. The van der Waals surface area contributed by atoms with Crippen molar-refractivity contribution in [3.63, 3.8) is 0 Å². The Morgan fingerprint density at radius 3 is 2.29 bits per heavy atom. The molecule has 6 nitrogen and oxygen atoms in total. The molecule has 1 aliphatic heterocycles. The van der Waals surface area contributed by atoms with Crippen molar-refractivity contribution in [2.24, 2.45) is 0 Å². The van der Waals surface area contributed by atoms with E-state index in [1.165, 1.54) is 29.1 Å². The van der Waals surface area contributed by atoms with Crippen LogP contribution in [0.3, 0.4) is 0 Å². The second-order valence-electron chi connectivity index (χ2n) is 8.14. The van der Waals surface area contributed by atoms with E-state index in [0.717, 1.165) is 24.4 Å². The van der Waals surface area contributed by atoms with Crippen molar-refractivity contribution in [3.05, 3.63) is 71.2 Å². The Balaban J connectivity index is 1.48. The number of hydrogen-bond donors (Lipinski definition) is 0. The number of anilines is 1. The summed E-state index contributed by atoms with van der Waals surface area (Å²) in [5, 5.41) is 4.13. The molecule has 2 aromatic heterocycles. The summed E-state index contributed by atoms with van der Waals surface area (Å²) >= 11 is 0. The molecular weight excluding hydrogens is 476 g/mol. The van der Waals surface area contributed by atoms with E-state index >= 15 is 0 Å². The van der Waals surface area contributed by atoms with Crippen LogP contribution in [0.2, 0.25) is 0 Å². The summed E-state index contributed by atoms with van der Waals surface area (Å²) in [5.41, 5.74) is -0.793. The first-order valence-electron chi connectivity index (χ1n) is 10.7. The van der Waals surface area contributed by atoms with Crippen LogP contribution >= 0.6 is 0 Å². The van der Waals surface area contributed by atoms with Crippen molar-refractivity contribution in [2.45, 2.75) is 25.7 Å². The average Bonchev–Trinajstić information content (AvgIpc) is 3.02. The Morgan fingerprint density at radius 2 is 1.63 bits per heavy atom. The van der Waals surface area contributed by atoms with Crippen LogP contribution in [0.5, 0.6) is 0 Å². The van der Waals surface area contributed by atoms with E-state index in [0.29, 0.717) is 44.1 Å². The maximum absolute atomic E-state index is 13.2. The Morgan fingerprint density at radius 1 is 0.886 bits per heavy atom. The van der Waals surface area contributed by atoms with Gasteiger partial charge in [-0.2, -0.15) is 31.4 Å². The van der Waals surface area contributed by atoms with Gasteiger partial charge in [-0.15, -0.1) is 0 Å². The summed E-state index contributed by atoms with van der Waals surface area (Å²) in [5.74, 6) is 0.0730. The number of amides is 1. The van der Waals surface area contributed by atoms with Gasteiger partial charge in [0.25, 0.3) is 5.91 Å². The van der Waals surface area contributed by atoms with Crippen LogP contribution < -0.4 is 4.90 Å². The highest BCUT2D eigenvalue weighted by Crippen LogP contribution is 2.31. The molecule has 0 spiro atoms. The van der Waals surface area contributed by atoms with Gasteiger partial charge in [-0.1, -0.05) is 6.07 Å². The van der Waals surface area contributed by atoms with Crippen LogP contribution in [0, 0.1) is 6.92 Å². The number of alkyl halides is 6. The normalized spacial score (nSPS) is 15.3. The smallest absolute Gasteiger partial charge is 0.355 e. The second kappa shape index (κ2) is 9.23. The minimum atomic E-state index is -4.50.